The molecule has 0 bridgehead atoms. The molecule has 1 rings (SSSR count). The Bertz CT molecular complexity index is 164. The minimum Gasteiger partial charge on any atom is -0.298 e. The molecule has 0 amide bonds. The van der Waals surface area contributed by atoms with E-state index in [4.69, 9.17) is 0 Å². The molecule has 0 radical (unpaired) electrons. The molecular formula is C11H21N. The van der Waals surface area contributed by atoms with Gasteiger partial charge in [-0.05, 0) is 47.1 Å². The summed E-state index contributed by atoms with van der Waals surface area (Å²) in [6.07, 6.45) is 8.42. The molecule has 1 atom stereocenters. The van der Waals surface area contributed by atoms with E-state index >= 15 is 0 Å². The van der Waals surface area contributed by atoms with Crippen LogP contribution in [-0.4, -0.2) is 23.5 Å². The zero-order chi connectivity index (χ0) is 9.19. The van der Waals surface area contributed by atoms with Crippen molar-refractivity contribution in [3.8, 4) is 0 Å². The second-order valence-corrected chi connectivity index (χ2v) is 4.72. The van der Waals surface area contributed by atoms with E-state index in [9.17, 15) is 0 Å². The van der Waals surface area contributed by atoms with Crippen molar-refractivity contribution < 1.29 is 0 Å². The summed E-state index contributed by atoms with van der Waals surface area (Å²) in [6.45, 7) is 6.85. The lowest BCUT2D eigenvalue weighted by atomic mass is 9.96. The highest BCUT2D eigenvalue weighted by Crippen LogP contribution is 2.22. The van der Waals surface area contributed by atoms with E-state index in [-0.39, 0.29) is 0 Å². The first-order valence-electron chi connectivity index (χ1n) is 4.90. The number of allylic oxidation sites excluding steroid dienone is 1. The van der Waals surface area contributed by atoms with Crippen molar-refractivity contribution >= 4 is 0 Å². The average molecular weight is 167 g/mol. The molecule has 0 aromatic carbocycles. The molecule has 1 unspecified atom stereocenters. The molecule has 0 aromatic heterocycles. The Morgan fingerprint density at radius 1 is 1.25 bits per heavy atom. The van der Waals surface area contributed by atoms with Crippen molar-refractivity contribution in [2.24, 2.45) is 0 Å². The summed E-state index contributed by atoms with van der Waals surface area (Å²) in [5, 5.41) is 0. The van der Waals surface area contributed by atoms with Gasteiger partial charge in [0, 0.05) is 11.6 Å². The van der Waals surface area contributed by atoms with E-state index in [1.54, 1.807) is 0 Å². The van der Waals surface area contributed by atoms with Crippen LogP contribution < -0.4 is 0 Å². The molecule has 0 N–H and O–H groups in total. The van der Waals surface area contributed by atoms with Crippen LogP contribution >= 0.6 is 0 Å². The van der Waals surface area contributed by atoms with Crippen LogP contribution in [0.3, 0.4) is 0 Å². The largest absolute Gasteiger partial charge is 0.298 e. The molecule has 1 aliphatic rings. The van der Waals surface area contributed by atoms with Crippen LogP contribution in [-0.2, 0) is 0 Å². The van der Waals surface area contributed by atoms with Gasteiger partial charge in [0.25, 0.3) is 0 Å². The molecule has 1 heteroatoms. The number of nitrogens with zero attached hydrogens (tertiary/aromatic N) is 1. The van der Waals surface area contributed by atoms with E-state index in [1.165, 1.54) is 19.3 Å². The van der Waals surface area contributed by atoms with Gasteiger partial charge >= 0.3 is 0 Å². The van der Waals surface area contributed by atoms with E-state index in [1.807, 2.05) is 0 Å². The topological polar surface area (TPSA) is 3.24 Å². The van der Waals surface area contributed by atoms with E-state index in [0.717, 1.165) is 6.04 Å². The second kappa shape index (κ2) is 3.61. The maximum Gasteiger partial charge on any atom is 0.0135 e. The molecule has 70 valence electrons. The first-order valence-corrected chi connectivity index (χ1v) is 4.90. The molecule has 0 fully saturated rings. The van der Waals surface area contributed by atoms with E-state index in [2.05, 4.69) is 44.9 Å². The van der Waals surface area contributed by atoms with Crippen LogP contribution in [0.1, 0.15) is 40.0 Å². The normalized spacial score (nSPS) is 24.9. The zero-order valence-corrected chi connectivity index (χ0v) is 8.80. The molecular weight excluding hydrogens is 146 g/mol. The lowest BCUT2D eigenvalue weighted by Gasteiger charge is -2.39. The van der Waals surface area contributed by atoms with Crippen molar-refractivity contribution in [1.29, 1.82) is 0 Å². The fraction of sp³-hybridized carbons (Fsp3) is 0.818. The number of hydrogen-bond acceptors (Lipinski definition) is 1. The summed E-state index contributed by atoms with van der Waals surface area (Å²) >= 11 is 0. The van der Waals surface area contributed by atoms with Crippen molar-refractivity contribution in [3.05, 3.63) is 12.2 Å². The molecule has 0 aliphatic heterocycles. The minimum atomic E-state index is 0.315. The highest BCUT2D eigenvalue weighted by molar-refractivity contribution is 4.95. The van der Waals surface area contributed by atoms with Gasteiger partial charge in [-0.3, -0.25) is 4.90 Å². The molecule has 0 saturated carbocycles. The standard InChI is InChI=1S/C11H21N/c1-11(2,3)12(4)10-8-6-5-7-9-10/h5-6,10H,7-9H2,1-4H3. The molecule has 0 heterocycles. The van der Waals surface area contributed by atoms with Crippen molar-refractivity contribution in [2.45, 2.75) is 51.6 Å². The lowest BCUT2D eigenvalue weighted by Crippen LogP contribution is -2.45. The van der Waals surface area contributed by atoms with Crippen LogP contribution in [0.4, 0.5) is 0 Å². The fourth-order valence-electron chi connectivity index (χ4n) is 1.68. The lowest BCUT2D eigenvalue weighted by molar-refractivity contribution is 0.110. The van der Waals surface area contributed by atoms with Gasteiger partial charge < -0.3 is 0 Å². The quantitative estimate of drug-likeness (QED) is 0.543. The van der Waals surface area contributed by atoms with Gasteiger partial charge in [-0.25, -0.2) is 0 Å². The molecule has 1 aliphatic carbocycles. The fourth-order valence-corrected chi connectivity index (χ4v) is 1.68. The van der Waals surface area contributed by atoms with Crippen molar-refractivity contribution in [2.75, 3.05) is 7.05 Å². The average Bonchev–Trinajstić information content (AvgIpc) is 2.03. The second-order valence-electron chi connectivity index (χ2n) is 4.72. The number of hydrogen-bond donors (Lipinski definition) is 0. The van der Waals surface area contributed by atoms with Gasteiger partial charge in [-0.15, -0.1) is 0 Å². The molecule has 0 aromatic rings. The zero-order valence-electron chi connectivity index (χ0n) is 8.80. The van der Waals surface area contributed by atoms with Crippen LogP contribution in [0, 0.1) is 0 Å². The first kappa shape index (κ1) is 9.79. The van der Waals surface area contributed by atoms with Crippen LogP contribution in [0.15, 0.2) is 12.2 Å². The first-order chi connectivity index (χ1) is 5.52. The maximum atomic E-state index is 2.50. The smallest absolute Gasteiger partial charge is 0.0135 e. The Morgan fingerprint density at radius 2 is 1.92 bits per heavy atom. The third-order valence-corrected chi connectivity index (χ3v) is 2.85. The minimum absolute atomic E-state index is 0.315. The monoisotopic (exact) mass is 167 g/mol. The molecule has 0 saturated heterocycles. The predicted molar refractivity (Wildman–Crippen MR) is 54.3 cm³/mol. The molecule has 12 heavy (non-hydrogen) atoms. The summed E-state index contributed by atoms with van der Waals surface area (Å²) in [5.74, 6) is 0. The number of rotatable bonds is 1. The molecule has 1 nitrogen and oxygen atoms in total. The van der Waals surface area contributed by atoms with Gasteiger partial charge in [-0.1, -0.05) is 12.2 Å². The van der Waals surface area contributed by atoms with Gasteiger partial charge in [0.2, 0.25) is 0 Å². The predicted octanol–water partition coefficient (Wildman–Crippen LogP) is 2.83. The highest BCUT2D eigenvalue weighted by atomic mass is 15.2. The van der Waals surface area contributed by atoms with Crippen LogP contribution in [0.2, 0.25) is 0 Å². The Kier molecular flexibility index (Phi) is 2.94. The Morgan fingerprint density at radius 3 is 2.33 bits per heavy atom. The third kappa shape index (κ3) is 2.34. The van der Waals surface area contributed by atoms with Crippen LogP contribution in [0.25, 0.3) is 0 Å². The Hall–Kier alpha value is -0.300. The van der Waals surface area contributed by atoms with Crippen molar-refractivity contribution in [1.82, 2.24) is 4.90 Å². The van der Waals surface area contributed by atoms with Crippen LogP contribution in [0.5, 0.6) is 0 Å². The summed E-state index contributed by atoms with van der Waals surface area (Å²) in [4.78, 5) is 2.50. The van der Waals surface area contributed by atoms with E-state index in [0.29, 0.717) is 5.54 Å². The Labute approximate surface area is 76.5 Å². The van der Waals surface area contributed by atoms with E-state index < -0.39 is 0 Å². The van der Waals surface area contributed by atoms with Crippen molar-refractivity contribution in [3.63, 3.8) is 0 Å². The van der Waals surface area contributed by atoms with Gasteiger partial charge in [0.15, 0.2) is 0 Å². The summed E-state index contributed by atoms with van der Waals surface area (Å²) in [5.41, 5.74) is 0.315. The SMILES string of the molecule is CN(C1CC=CCC1)C(C)(C)C. The summed E-state index contributed by atoms with van der Waals surface area (Å²) < 4.78 is 0. The maximum absolute atomic E-state index is 2.50. The van der Waals surface area contributed by atoms with Gasteiger partial charge in [0.1, 0.15) is 0 Å². The van der Waals surface area contributed by atoms with Gasteiger partial charge in [0.05, 0.1) is 0 Å². The van der Waals surface area contributed by atoms with Gasteiger partial charge in [-0.2, -0.15) is 0 Å². The molecule has 0 spiro atoms. The third-order valence-electron chi connectivity index (χ3n) is 2.85. The summed E-state index contributed by atoms with van der Waals surface area (Å²) in [7, 11) is 2.24. The summed E-state index contributed by atoms with van der Waals surface area (Å²) in [6, 6.07) is 0.759. The Balaban J connectivity index is 2.52. The highest BCUT2D eigenvalue weighted by Gasteiger charge is 2.24.